The molecular weight excluding hydrogens is 316 g/mol. The highest BCUT2D eigenvalue weighted by atomic mass is 16.5. The third-order valence-electron chi connectivity index (χ3n) is 2.64. The molecule has 132 valence electrons. The monoisotopic (exact) mass is 338 g/mol. The van der Waals surface area contributed by atoms with Gasteiger partial charge in [0.25, 0.3) is 0 Å². The van der Waals surface area contributed by atoms with Crippen molar-refractivity contribution in [1.29, 1.82) is 0 Å². The van der Waals surface area contributed by atoms with Crippen molar-refractivity contribution in [2.45, 2.75) is 26.9 Å². The standard InChI is InChI=1S/C16H22N2O6/c1-4-23-14-7-12(5-6-13(14)24-11(2)3)8-17-18(9-15(19)20)10-16(21)22/h5-8,11H,4,9-10H2,1-3H3,(H,19,20)(H,21,22)/b17-8-. The molecule has 0 spiro atoms. The van der Waals surface area contributed by atoms with Gasteiger partial charge in [-0.05, 0) is 44.5 Å². The van der Waals surface area contributed by atoms with Gasteiger partial charge in [-0.2, -0.15) is 5.10 Å². The van der Waals surface area contributed by atoms with Crippen LogP contribution in [0.5, 0.6) is 11.5 Å². The van der Waals surface area contributed by atoms with Crippen LogP contribution in [0.3, 0.4) is 0 Å². The van der Waals surface area contributed by atoms with E-state index in [0.29, 0.717) is 23.7 Å². The molecule has 0 fully saturated rings. The topological polar surface area (TPSA) is 109 Å². The van der Waals surface area contributed by atoms with Crippen molar-refractivity contribution in [2.75, 3.05) is 19.7 Å². The zero-order chi connectivity index (χ0) is 18.1. The van der Waals surface area contributed by atoms with Gasteiger partial charge in [0.1, 0.15) is 13.1 Å². The van der Waals surface area contributed by atoms with Crippen molar-refractivity contribution >= 4 is 18.2 Å². The van der Waals surface area contributed by atoms with Crippen LogP contribution < -0.4 is 9.47 Å². The SMILES string of the molecule is CCOc1cc(/C=N\N(CC(=O)O)CC(=O)O)ccc1OC(C)C. The summed E-state index contributed by atoms with van der Waals surface area (Å²) in [4.78, 5) is 21.5. The van der Waals surface area contributed by atoms with Gasteiger partial charge in [-0.1, -0.05) is 0 Å². The van der Waals surface area contributed by atoms with Crippen molar-refractivity contribution in [2.24, 2.45) is 5.10 Å². The molecule has 8 nitrogen and oxygen atoms in total. The molecule has 0 unspecified atom stereocenters. The van der Waals surface area contributed by atoms with E-state index in [1.54, 1.807) is 18.2 Å². The molecule has 1 rings (SSSR count). The predicted octanol–water partition coefficient (Wildman–Crippen LogP) is 1.68. The molecule has 0 saturated heterocycles. The van der Waals surface area contributed by atoms with Gasteiger partial charge in [0, 0.05) is 0 Å². The van der Waals surface area contributed by atoms with Crippen LogP contribution in [-0.2, 0) is 9.59 Å². The van der Waals surface area contributed by atoms with E-state index < -0.39 is 25.0 Å². The van der Waals surface area contributed by atoms with Gasteiger partial charge in [-0.15, -0.1) is 0 Å². The third-order valence-corrected chi connectivity index (χ3v) is 2.64. The molecule has 2 N–H and O–H groups in total. The number of carboxylic acids is 2. The summed E-state index contributed by atoms with van der Waals surface area (Å²) in [6.45, 7) is 5.10. The number of aliphatic carboxylic acids is 2. The van der Waals surface area contributed by atoms with Crippen LogP contribution in [0.25, 0.3) is 0 Å². The lowest BCUT2D eigenvalue weighted by Gasteiger charge is -2.15. The van der Waals surface area contributed by atoms with Crippen molar-refractivity contribution in [1.82, 2.24) is 5.01 Å². The van der Waals surface area contributed by atoms with Crippen LogP contribution in [0.15, 0.2) is 23.3 Å². The van der Waals surface area contributed by atoms with E-state index in [-0.39, 0.29) is 6.10 Å². The molecule has 0 saturated carbocycles. The van der Waals surface area contributed by atoms with E-state index in [1.807, 2.05) is 20.8 Å². The number of carbonyl (C=O) groups is 2. The molecule has 0 aliphatic carbocycles. The Morgan fingerprint density at radius 3 is 2.33 bits per heavy atom. The summed E-state index contributed by atoms with van der Waals surface area (Å²) in [5.74, 6) is -1.19. The molecule has 0 aliphatic rings. The van der Waals surface area contributed by atoms with E-state index in [0.717, 1.165) is 5.01 Å². The second-order valence-electron chi connectivity index (χ2n) is 5.16. The molecular formula is C16H22N2O6. The first-order valence-electron chi connectivity index (χ1n) is 7.47. The Morgan fingerprint density at radius 1 is 1.21 bits per heavy atom. The van der Waals surface area contributed by atoms with Gasteiger partial charge in [-0.25, -0.2) is 0 Å². The van der Waals surface area contributed by atoms with Crippen LogP contribution in [-0.4, -0.2) is 59.2 Å². The molecule has 0 amide bonds. The number of ether oxygens (including phenoxy) is 2. The van der Waals surface area contributed by atoms with Crippen LogP contribution in [0.1, 0.15) is 26.3 Å². The minimum atomic E-state index is -1.16. The lowest BCUT2D eigenvalue weighted by molar-refractivity contribution is -0.141. The second-order valence-corrected chi connectivity index (χ2v) is 5.16. The first-order valence-corrected chi connectivity index (χ1v) is 7.47. The molecule has 0 heterocycles. The number of hydrogen-bond acceptors (Lipinski definition) is 6. The van der Waals surface area contributed by atoms with E-state index in [1.165, 1.54) is 6.21 Å². The summed E-state index contributed by atoms with van der Waals surface area (Å²) < 4.78 is 11.2. The van der Waals surface area contributed by atoms with Crippen LogP contribution in [0.4, 0.5) is 0 Å². The fourth-order valence-corrected chi connectivity index (χ4v) is 1.82. The minimum absolute atomic E-state index is 0.00894. The van der Waals surface area contributed by atoms with Crippen molar-refractivity contribution in [3.63, 3.8) is 0 Å². The number of carboxylic acid groups (broad SMARTS) is 2. The first-order chi connectivity index (χ1) is 11.3. The van der Waals surface area contributed by atoms with Gasteiger partial charge in [0.05, 0.1) is 18.9 Å². The minimum Gasteiger partial charge on any atom is -0.490 e. The quantitative estimate of drug-likeness (QED) is 0.493. The summed E-state index contributed by atoms with van der Waals surface area (Å²) >= 11 is 0. The van der Waals surface area contributed by atoms with E-state index in [9.17, 15) is 9.59 Å². The zero-order valence-corrected chi connectivity index (χ0v) is 13.9. The fourth-order valence-electron chi connectivity index (χ4n) is 1.82. The Kier molecular flexibility index (Phi) is 7.54. The van der Waals surface area contributed by atoms with Crippen molar-refractivity contribution in [3.8, 4) is 11.5 Å². The Morgan fingerprint density at radius 2 is 1.83 bits per heavy atom. The molecule has 8 heteroatoms. The molecule has 0 aliphatic heterocycles. The molecule has 0 bridgehead atoms. The number of hydrogen-bond donors (Lipinski definition) is 2. The van der Waals surface area contributed by atoms with Crippen molar-refractivity contribution < 1.29 is 29.3 Å². The van der Waals surface area contributed by atoms with Gasteiger partial charge in [0.15, 0.2) is 11.5 Å². The average molecular weight is 338 g/mol. The first kappa shape index (κ1) is 19.3. The Labute approximate surface area is 140 Å². The van der Waals surface area contributed by atoms with Gasteiger partial charge >= 0.3 is 11.9 Å². The average Bonchev–Trinajstić information content (AvgIpc) is 2.45. The lowest BCUT2D eigenvalue weighted by Crippen LogP contribution is -2.30. The van der Waals surface area contributed by atoms with Crippen LogP contribution in [0, 0.1) is 0 Å². The summed E-state index contributed by atoms with van der Waals surface area (Å²) in [6, 6.07) is 5.15. The smallest absolute Gasteiger partial charge is 0.324 e. The fraction of sp³-hybridized carbons (Fsp3) is 0.438. The highest BCUT2D eigenvalue weighted by molar-refractivity contribution is 5.81. The lowest BCUT2D eigenvalue weighted by atomic mass is 10.2. The Bertz CT molecular complexity index is 584. The van der Waals surface area contributed by atoms with Crippen LogP contribution >= 0.6 is 0 Å². The number of nitrogens with zero attached hydrogens (tertiary/aromatic N) is 2. The highest BCUT2D eigenvalue weighted by Crippen LogP contribution is 2.29. The maximum atomic E-state index is 10.7. The molecule has 24 heavy (non-hydrogen) atoms. The summed E-state index contributed by atoms with van der Waals surface area (Å²) in [6.07, 6.45) is 1.37. The number of benzene rings is 1. The van der Waals surface area contributed by atoms with Gasteiger partial charge in [-0.3, -0.25) is 14.6 Å². The maximum Gasteiger partial charge on any atom is 0.324 e. The largest absolute Gasteiger partial charge is 0.490 e. The predicted molar refractivity (Wildman–Crippen MR) is 87.8 cm³/mol. The molecule has 0 aromatic heterocycles. The zero-order valence-electron chi connectivity index (χ0n) is 13.9. The molecule has 0 radical (unpaired) electrons. The Hall–Kier alpha value is -2.77. The number of rotatable bonds is 10. The van der Waals surface area contributed by atoms with Gasteiger partial charge < -0.3 is 19.7 Å². The second kappa shape index (κ2) is 9.39. The third kappa shape index (κ3) is 6.99. The molecule has 0 atom stereocenters. The maximum absolute atomic E-state index is 10.7. The molecule has 1 aromatic rings. The van der Waals surface area contributed by atoms with E-state index >= 15 is 0 Å². The normalized spacial score (nSPS) is 10.8. The number of hydrazone groups is 1. The Balaban J connectivity index is 2.96. The summed E-state index contributed by atoms with van der Waals surface area (Å²) in [5.41, 5.74) is 0.635. The van der Waals surface area contributed by atoms with Gasteiger partial charge in [0.2, 0.25) is 0 Å². The summed E-state index contributed by atoms with van der Waals surface area (Å²) in [5, 5.41) is 22.4. The van der Waals surface area contributed by atoms with Crippen molar-refractivity contribution in [3.05, 3.63) is 23.8 Å². The van der Waals surface area contributed by atoms with Crippen LogP contribution in [0.2, 0.25) is 0 Å². The summed E-state index contributed by atoms with van der Waals surface area (Å²) in [7, 11) is 0. The van der Waals surface area contributed by atoms with E-state index in [2.05, 4.69) is 5.10 Å². The van der Waals surface area contributed by atoms with E-state index in [4.69, 9.17) is 19.7 Å². The highest BCUT2D eigenvalue weighted by Gasteiger charge is 2.11. The molecule has 1 aromatic carbocycles.